The number of hydrogen-bond acceptors (Lipinski definition) is 8. The molecule has 2 heterocycles. The molecule has 2 aliphatic heterocycles. The highest BCUT2D eigenvalue weighted by atomic mass is 35.5. The number of halogens is 1. The van der Waals surface area contributed by atoms with E-state index in [9.17, 15) is 23.1 Å². The zero-order valence-corrected chi connectivity index (χ0v) is 24.9. The first-order valence-electron chi connectivity index (χ1n) is 13.5. The fourth-order valence-electron chi connectivity index (χ4n) is 5.61. The van der Waals surface area contributed by atoms with E-state index < -0.39 is 21.4 Å². The van der Waals surface area contributed by atoms with Gasteiger partial charge in [0.05, 0.1) is 22.7 Å². The van der Waals surface area contributed by atoms with Crippen LogP contribution in [0.5, 0.6) is 5.75 Å². The third-order valence-corrected chi connectivity index (χ3v) is 9.13. The van der Waals surface area contributed by atoms with Crippen LogP contribution in [0.3, 0.4) is 0 Å². The zero-order valence-electron chi connectivity index (χ0n) is 23.3. The lowest BCUT2D eigenvalue weighted by molar-refractivity contribution is -0.149. The molecule has 220 valence electrons. The summed E-state index contributed by atoms with van der Waals surface area (Å²) in [7, 11) is -3.40. The first-order valence-corrected chi connectivity index (χ1v) is 15.7. The van der Waals surface area contributed by atoms with Crippen molar-refractivity contribution in [1.29, 1.82) is 0 Å². The second-order valence-electron chi connectivity index (χ2n) is 10.9. The number of esters is 1. The van der Waals surface area contributed by atoms with E-state index in [1.165, 1.54) is 6.07 Å². The van der Waals surface area contributed by atoms with Gasteiger partial charge in [-0.3, -0.25) is 9.69 Å². The standard InChI is InChI=1S/C31H32ClN3O6S/c1-19-12-25(21-7-4-9-23(14-21)42(2,39)40)26(32)15-24(19)28-29(33)31(41-30(28)38)10-5-11-35(18-31)17-27(37)34-16-20-6-3-8-22(36)13-20/h3-4,6-9,12-15,36H,5,10-11,16-18,33H2,1-2H3,(H,34,37). The van der Waals surface area contributed by atoms with Gasteiger partial charge in [-0.05, 0) is 85.0 Å². The fourth-order valence-corrected chi connectivity index (χ4v) is 6.55. The third kappa shape index (κ3) is 6.01. The molecule has 2 aliphatic rings. The highest BCUT2D eigenvalue weighted by Gasteiger charge is 2.49. The lowest BCUT2D eigenvalue weighted by Crippen LogP contribution is -2.53. The molecular weight excluding hydrogens is 578 g/mol. The first-order chi connectivity index (χ1) is 19.9. The van der Waals surface area contributed by atoms with Crippen molar-refractivity contribution in [2.75, 3.05) is 25.9 Å². The van der Waals surface area contributed by atoms with Gasteiger partial charge in [-0.2, -0.15) is 0 Å². The predicted molar refractivity (Wildman–Crippen MR) is 160 cm³/mol. The quantitative estimate of drug-likeness (QED) is 0.344. The normalized spacial score (nSPS) is 19.3. The number of phenolic OH excluding ortho intramolecular Hbond substituents is 1. The molecule has 5 rings (SSSR count). The van der Waals surface area contributed by atoms with Crippen molar-refractivity contribution in [3.05, 3.63) is 88.1 Å². The van der Waals surface area contributed by atoms with Crippen LogP contribution >= 0.6 is 11.6 Å². The molecule has 0 radical (unpaired) electrons. The minimum Gasteiger partial charge on any atom is -0.508 e. The Kier molecular flexibility index (Phi) is 8.06. The highest BCUT2D eigenvalue weighted by Crippen LogP contribution is 2.43. The van der Waals surface area contributed by atoms with Crippen LogP contribution in [0.2, 0.25) is 5.02 Å². The van der Waals surface area contributed by atoms with Crippen molar-refractivity contribution in [3.63, 3.8) is 0 Å². The lowest BCUT2D eigenvalue weighted by Gasteiger charge is -2.39. The maximum Gasteiger partial charge on any atom is 0.341 e. The molecule has 1 saturated heterocycles. The number of sulfone groups is 1. The van der Waals surface area contributed by atoms with E-state index in [2.05, 4.69) is 5.32 Å². The van der Waals surface area contributed by atoms with Crippen molar-refractivity contribution in [1.82, 2.24) is 10.2 Å². The summed E-state index contributed by atoms with van der Waals surface area (Å²) >= 11 is 6.69. The average Bonchev–Trinajstić information content (AvgIpc) is 3.16. The maximum atomic E-state index is 13.3. The van der Waals surface area contributed by atoms with Gasteiger partial charge in [0, 0.05) is 29.9 Å². The van der Waals surface area contributed by atoms with Crippen LogP contribution in [0.25, 0.3) is 16.7 Å². The minimum absolute atomic E-state index is 0.104. The van der Waals surface area contributed by atoms with Crippen molar-refractivity contribution >= 4 is 38.9 Å². The van der Waals surface area contributed by atoms with Gasteiger partial charge in [-0.25, -0.2) is 13.2 Å². The van der Waals surface area contributed by atoms with Gasteiger partial charge in [0.25, 0.3) is 0 Å². The number of likely N-dealkylation sites (tertiary alicyclic amines) is 1. The number of benzene rings is 3. The summed E-state index contributed by atoms with van der Waals surface area (Å²) in [6.07, 6.45) is 2.35. The van der Waals surface area contributed by atoms with E-state index in [0.29, 0.717) is 46.8 Å². The Morgan fingerprint density at radius 2 is 1.90 bits per heavy atom. The number of piperidine rings is 1. The summed E-state index contributed by atoms with van der Waals surface area (Å²) in [5.41, 5.74) is 9.48. The van der Waals surface area contributed by atoms with E-state index in [4.69, 9.17) is 22.1 Å². The van der Waals surface area contributed by atoms with Crippen molar-refractivity contribution in [2.24, 2.45) is 5.73 Å². The topological polar surface area (TPSA) is 139 Å². The molecule has 0 aromatic heterocycles. The molecule has 1 spiro atoms. The summed E-state index contributed by atoms with van der Waals surface area (Å²) in [6, 6.07) is 16.7. The van der Waals surface area contributed by atoms with Crippen LogP contribution in [-0.4, -0.2) is 61.8 Å². The number of aromatic hydroxyl groups is 1. The number of aryl methyl sites for hydroxylation is 1. The Morgan fingerprint density at radius 3 is 2.64 bits per heavy atom. The molecular formula is C31H32ClN3O6S. The fraction of sp³-hybridized carbons (Fsp3) is 0.290. The summed E-state index contributed by atoms with van der Waals surface area (Å²) in [6.45, 7) is 3.14. The first kappa shape index (κ1) is 29.6. The Balaban J connectivity index is 1.36. The molecule has 3 aromatic rings. The summed E-state index contributed by atoms with van der Waals surface area (Å²) in [5, 5.41) is 12.8. The van der Waals surface area contributed by atoms with Gasteiger partial charge < -0.3 is 20.9 Å². The monoisotopic (exact) mass is 609 g/mol. The molecule has 1 fully saturated rings. The molecule has 0 bridgehead atoms. The number of nitrogens with one attached hydrogen (secondary N) is 1. The van der Waals surface area contributed by atoms with Crippen molar-refractivity contribution in [2.45, 2.75) is 36.8 Å². The average molecular weight is 610 g/mol. The van der Waals surface area contributed by atoms with Crippen LogP contribution in [-0.2, 0) is 30.7 Å². The third-order valence-electron chi connectivity index (χ3n) is 7.71. The smallest absolute Gasteiger partial charge is 0.341 e. The van der Waals surface area contributed by atoms with Crippen LogP contribution in [0.4, 0.5) is 0 Å². The number of hydrogen-bond donors (Lipinski definition) is 3. The van der Waals surface area contributed by atoms with Gasteiger partial charge in [-0.1, -0.05) is 35.9 Å². The highest BCUT2D eigenvalue weighted by molar-refractivity contribution is 7.90. The molecule has 1 amide bonds. The Bertz CT molecular complexity index is 1720. The van der Waals surface area contributed by atoms with E-state index in [0.717, 1.165) is 17.4 Å². The summed E-state index contributed by atoms with van der Waals surface area (Å²) in [4.78, 5) is 28.1. The van der Waals surface area contributed by atoms with Crippen molar-refractivity contribution < 1.29 is 27.9 Å². The van der Waals surface area contributed by atoms with Gasteiger partial charge in [0.1, 0.15) is 5.75 Å². The van der Waals surface area contributed by atoms with Crippen LogP contribution in [0.1, 0.15) is 29.5 Å². The van der Waals surface area contributed by atoms with E-state index in [1.807, 2.05) is 24.0 Å². The van der Waals surface area contributed by atoms with Crippen LogP contribution in [0.15, 0.2) is 71.3 Å². The predicted octanol–water partition coefficient (Wildman–Crippen LogP) is 3.80. The SMILES string of the molecule is Cc1cc(-c2cccc(S(C)(=O)=O)c2)c(Cl)cc1C1=C(N)C2(CCCN(CC(=O)NCc3cccc(O)c3)C2)OC1=O. The molecule has 4 N–H and O–H groups in total. The molecule has 1 unspecified atom stereocenters. The lowest BCUT2D eigenvalue weighted by atomic mass is 9.86. The number of rotatable bonds is 7. The number of amides is 1. The van der Waals surface area contributed by atoms with Crippen LogP contribution in [0, 0.1) is 6.92 Å². The maximum absolute atomic E-state index is 13.3. The zero-order chi connectivity index (χ0) is 30.2. The van der Waals surface area contributed by atoms with Gasteiger partial charge in [0.15, 0.2) is 15.4 Å². The van der Waals surface area contributed by atoms with E-state index >= 15 is 0 Å². The molecule has 11 heteroatoms. The number of ether oxygens (including phenoxy) is 1. The van der Waals surface area contributed by atoms with Gasteiger partial charge in [0.2, 0.25) is 5.91 Å². The second kappa shape index (κ2) is 11.4. The van der Waals surface area contributed by atoms with E-state index in [-0.39, 0.29) is 41.8 Å². The Labute approximate surface area is 249 Å². The molecule has 0 saturated carbocycles. The number of carbonyl (C=O) groups excluding carboxylic acids is 2. The molecule has 42 heavy (non-hydrogen) atoms. The van der Waals surface area contributed by atoms with Crippen molar-refractivity contribution in [3.8, 4) is 16.9 Å². The summed E-state index contributed by atoms with van der Waals surface area (Å²) < 4.78 is 30.1. The molecule has 1 atom stereocenters. The minimum atomic E-state index is -3.40. The summed E-state index contributed by atoms with van der Waals surface area (Å²) in [5.74, 6) is -0.609. The van der Waals surface area contributed by atoms with Gasteiger partial charge in [-0.15, -0.1) is 0 Å². The Morgan fingerprint density at radius 1 is 1.14 bits per heavy atom. The van der Waals surface area contributed by atoms with Crippen LogP contribution < -0.4 is 11.1 Å². The largest absolute Gasteiger partial charge is 0.508 e. The van der Waals surface area contributed by atoms with Gasteiger partial charge >= 0.3 is 5.97 Å². The number of phenols is 1. The second-order valence-corrected chi connectivity index (χ2v) is 13.3. The number of nitrogens with two attached hydrogens (primary N) is 1. The molecule has 9 nitrogen and oxygen atoms in total. The number of carbonyl (C=O) groups is 2. The number of nitrogens with zero attached hydrogens (tertiary/aromatic N) is 1. The molecule has 3 aromatic carbocycles. The van der Waals surface area contributed by atoms with E-state index in [1.54, 1.807) is 42.5 Å². The Hall–Kier alpha value is -3.86. The molecule has 0 aliphatic carbocycles.